The normalized spacial score (nSPS) is 24.9. The molecule has 0 spiro atoms. The molecule has 4 nitrogen and oxygen atoms in total. The van der Waals surface area contributed by atoms with Crippen LogP contribution in [0.4, 0.5) is 0 Å². The molecule has 0 saturated carbocycles. The molecule has 2 atom stereocenters. The van der Waals surface area contributed by atoms with Gasteiger partial charge in [-0.05, 0) is 19.3 Å². The van der Waals surface area contributed by atoms with Crippen molar-refractivity contribution in [2.45, 2.75) is 26.2 Å². The van der Waals surface area contributed by atoms with Gasteiger partial charge in [0.05, 0.1) is 18.4 Å². The molecule has 4 heteroatoms. The predicted octanol–water partition coefficient (Wildman–Crippen LogP) is 1.61. The molecule has 0 fully saturated rings. The van der Waals surface area contributed by atoms with Crippen molar-refractivity contribution in [1.82, 2.24) is 0 Å². The van der Waals surface area contributed by atoms with E-state index < -0.39 is 23.8 Å². The van der Waals surface area contributed by atoms with Gasteiger partial charge in [0.2, 0.25) is 0 Å². The van der Waals surface area contributed by atoms with E-state index in [0.717, 1.165) is 6.42 Å². The highest BCUT2D eigenvalue weighted by atomic mass is 16.5. The molecular weight excluding hydrogens is 196 g/mol. The van der Waals surface area contributed by atoms with E-state index in [1.165, 1.54) is 0 Å². The van der Waals surface area contributed by atoms with Crippen molar-refractivity contribution >= 4 is 11.9 Å². The van der Waals surface area contributed by atoms with Crippen LogP contribution in [0.15, 0.2) is 12.2 Å². The lowest BCUT2D eigenvalue weighted by atomic mass is 9.84. The summed E-state index contributed by atoms with van der Waals surface area (Å²) >= 11 is 0. The number of carboxylic acids is 1. The summed E-state index contributed by atoms with van der Waals surface area (Å²) in [7, 11) is 0. The van der Waals surface area contributed by atoms with E-state index in [4.69, 9.17) is 9.84 Å². The number of carboxylic acid groups (broad SMARTS) is 1. The highest BCUT2D eigenvalue weighted by Gasteiger charge is 2.34. The van der Waals surface area contributed by atoms with Crippen LogP contribution in [-0.2, 0) is 14.3 Å². The number of hydrogen-bond donors (Lipinski definition) is 1. The molecule has 0 aromatic carbocycles. The van der Waals surface area contributed by atoms with Gasteiger partial charge >= 0.3 is 11.9 Å². The first-order valence-electron chi connectivity index (χ1n) is 5.23. The molecule has 0 aromatic rings. The number of hydrogen-bond acceptors (Lipinski definition) is 3. The third-order valence-electron chi connectivity index (χ3n) is 2.46. The first-order chi connectivity index (χ1) is 7.16. The van der Waals surface area contributed by atoms with E-state index >= 15 is 0 Å². The number of carbonyl (C=O) groups is 2. The zero-order chi connectivity index (χ0) is 11.3. The van der Waals surface area contributed by atoms with Gasteiger partial charge in [-0.15, -0.1) is 0 Å². The summed E-state index contributed by atoms with van der Waals surface area (Å²) in [6.07, 6.45) is 5.48. The second-order valence-electron chi connectivity index (χ2n) is 3.64. The molecule has 0 amide bonds. The summed E-state index contributed by atoms with van der Waals surface area (Å²) in [6, 6.07) is 0. The van der Waals surface area contributed by atoms with Gasteiger partial charge in [0, 0.05) is 0 Å². The van der Waals surface area contributed by atoms with Gasteiger partial charge in [0.1, 0.15) is 0 Å². The smallest absolute Gasteiger partial charge is 0.313 e. The van der Waals surface area contributed by atoms with Crippen molar-refractivity contribution in [3.63, 3.8) is 0 Å². The van der Waals surface area contributed by atoms with Crippen LogP contribution in [0.1, 0.15) is 26.2 Å². The van der Waals surface area contributed by atoms with Crippen LogP contribution in [0.25, 0.3) is 0 Å². The number of esters is 1. The molecule has 0 heterocycles. The fourth-order valence-electron chi connectivity index (χ4n) is 1.65. The number of allylic oxidation sites excluding steroid dienone is 1. The molecule has 0 radical (unpaired) electrons. The maximum Gasteiger partial charge on any atom is 0.313 e. The van der Waals surface area contributed by atoms with Crippen molar-refractivity contribution in [1.29, 1.82) is 0 Å². The van der Waals surface area contributed by atoms with E-state index in [0.29, 0.717) is 19.4 Å². The van der Waals surface area contributed by atoms with E-state index in [1.807, 2.05) is 13.0 Å². The lowest BCUT2D eigenvalue weighted by molar-refractivity contribution is -0.156. The SMILES string of the molecule is CCCOC(=O)C1C=CCCC1C(=O)O. The summed E-state index contributed by atoms with van der Waals surface area (Å²) in [5.41, 5.74) is 0. The van der Waals surface area contributed by atoms with Crippen molar-refractivity contribution in [2.24, 2.45) is 11.8 Å². The van der Waals surface area contributed by atoms with Crippen LogP contribution >= 0.6 is 0 Å². The van der Waals surface area contributed by atoms with Gasteiger partial charge in [0.25, 0.3) is 0 Å². The molecule has 0 aromatic heterocycles. The Morgan fingerprint density at radius 3 is 2.87 bits per heavy atom. The van der Waals surface area contributed by atoms with E-state index in [2.05, 4.69) is 0 Å². The topological polar surface area (TPSA) is 63.6 Å². The molecule has 1 aliphatic rings. The molecule has 0 aliphatic heterocycles. The zero-order valence-corrected chi connectivity index (χ0v) is 8.81. The molecule has 0 bridgehead atoms. The van der Waals surface area contributed by atoms with Crippen molar-refractivity contribution in [3.8, 4) is 0 Å². The number of carbonyl (C=O) groups excluding carboxylic acids is 1. The van der Waals surface area contributed by atoms with Gasteiger partial charge in [-0.2, -0.15) is 0 Å². The Morgan fingerprint density at radius 1 is 1.53 bits per heavy atom. The molecule has 0 saturated heterocycles. The third-order valence-corrected chi connectivity index (χ3v) is 2.46. The fourth-order valence-corrected chi connectivity index (χ4v) is 1.65. The van der Waals surface area contributed by atoms with Gasteiger partial charge in [0.15, 0.2) is 0 Å². The zero-order valence-electron chi connectivity index (χ0n) is 8.81. The lowest BCUT2D eigenvalue weighted by Crippen LogP contribution is -2.31. The van der Waals surface area contributed by atoms with Crippen molar-refractivity contribution < 1.29 is 19.4 Å². The number of aliphatic carboxylic acids is 1. The van der Waals surface area contributed by atoms with Gasteiger partial charge in [-0.25, -0.2) is 0 Å². The first-order valence-corrected chi connectivity index (χ1v) is 5.23. The van der Waals surface area contributed by atoms with Crippen molar-refractivity contribution in [2.75, 3.05) is 6.61 Å². The second-order valence-corrected chi connectivity index (χ2v) is 3.64. The molecule has 2 unspecified atom stereocenters. The van der Waals surface area contributed by atoms with Crippen LogP contribution in [0.5, 0.6) is 0 Å². The third kappa shape index (κ3) is 3.08. The van der Waals surface area contributed by atoms with Crippen LogP contribution in [0.2, 0.25) is 0 Å². The van der Waals surface area contributed by atoms with Crippen LogP contribution in [0, 0.1) is 11.8 Å². The summed E-state index contributed by atoms with van der Waals surface area (Å²) in [5.74, 6) is -2.57. The average molecular weight is 212 g/mol. The molecular formula is C11H16O4. The Bertz CT molecular complexity index is 270. The summed E-state index contributed by atoms with van der Waals surface area (Å²) in [4.78, 5) is 22.4. The number of ether oxygens (including phenoxy) is 1. The monoisotopic (exact) mass is 212 g/mol. The van der Waals surface area contributed by atoms with E-state index in [-0.39, 0.29) is 0 Å². The Morgan fingerprint density at radius 2 is 2.27 bits per heavy atom. The van der Waals surface area contributed by atoms with E-state index in [9.17, 15) is 9.59 Å². The number of rotatable bonds is 4. The Labute approximate surface area is 88.9 Å². The molecule has 15 heavy (non-hydrogen) atoms. The minimum absolute atomic E-state index is 0.357. The first kappa shape index (κ1) is 11.8. The fraction of sp³-hybridized carbons (Fsp3) is 0.636. The largest absolute Gasteiger partial charge is 0.481 e. The summed E-state index contributed by atoms with van der Waals surface area (Å²) < 4.78 is 4.96. The highest BCUT2D eigenvalue weighted by molar-refractivity contribution is 5.83. The average Bonchev–Trinajstić information content (AvgIpc) is 2.25. The minimum atomic E-state index is -0.919. The van der Waals surface area contributed by atoms with Crippen LogP contribution in [-0.4, -0.2) is 23.7 Å². The molecule has 84 valence electrons. The Balaban J connectivity index is 2.63. The highest BCUT2D eigenvalue weighted by Crippen LogP contribution is 2.26. The Hall–Kier alpha value is -1.32. The van der Waals surface area contributed by atoms with Crippen LogP contribution in [0.3, 0.4) is 0 Å². The van der Waals surface area contributed by atoms with Gasteiger partial charge in [-0.1, -0.05) is 19.1 Å². The van der Waals surface area contributed by atoms with Gasteiger partial charge < -0.3 is 9.84 Å². The van der Waals surface area contributed by atoms with Gasteiger partial charge in [-0.3, -0.25) is 9.59 Å². The quantitative estimate of drug-likeness (QED) is 0.568. The van der Waals surface area contributed by atoms with Crippen molar-refractivity contribution in [3.05, 3.63) is 12.2 Å². The second kappa shape index (κ2) is 5.53. The van der Waals surface area contributed by atoms with E-state index in [1.54, 1.807) is 6.08 Å². The molecule has 1 aliphatic carbocycles. The van der Waals surface area contributed by atoms with Crippen LogP contribution < -0.4 is 0 Å². The lowest BCUT2D eigenvalue weighted by Gasteiger charge is -2.22. The maximum absolute atomic E-state index is 11.5. The molecule has 1 rings (SSSR count). The minimum Gasteiger partial charge on any atom is -0.481 e. The standard InChI is InChI=1S/C11H16O4/c1-2-7-15-11(14)9-6-4-3-5-8(9)10(12)13/h4,6,8-9H,2-3,5,7H2,1H3,(H,12,13). The maximum atomic E-state index is 11.5. The summed E-state index contributed by atoms with van der Waals surface area (Å²) in [5, 5.41) is 8.94. The predicted molar refractivity (Wildman–Crippen MR) is 54.2 cm³/mol. The Kier molecular flexibility index (Phi) is 4.34. The molecule has 1 N–H and O–H groups in total. The summed E-state index contributed by atoms with van der Waals surface area (Å²) in [6.45, 7) is 2.26.